The van der Waals surface area contributed by atoms with Gasteiger partial charge in [0.05, 0.1) is 11.7 Å². The molecule has 43 heavy (non-hydrogen) atoms. The highest BCUT2D eigenvalue weighted by molar-refractivity contribution is 7.98. The van der Waals surface area contributed by atoms with Crippen molar-refractivity contribution in [1.82, 2.24) is 20.2 Å². The summed E-state index contributed by atoms with van der Waals surface area (Å²) in [5.74, 6) is 0.190. The number of carbonyl (C=O) groups is 1. The number of rotatable bonds is 9. The Bertz CT molecular complexity index is 1540. The van der Waals surface area contributed by atoms with Gasteiger partial charge in [0.15, 0.2) is 0 Å². The van der Waals surface area contributed by atoms with E-state index in [4.69, 9.17) is 0 Å². The van der Waals surface area contributed by atoms with Crippen LogP contribution in [0.3, 0.4) is 0 Å². The third kappa shape index (κ3) is 6.83. The number of ether oxygens (including phenoxy) is 1. The summed E-state index contributed by atoms with van der Waals surface area (Å²) in [5.41, 5.74) is 3.34. The smallest absolute Gasteiger partial charge is 0.348 e. The van der Waals surface area contributed by atoms with Gasteiger partial charge in [-0.2, -0.15) is 0 Å². The van der Waals surface area contributed by atoms with Gasteiger partial charge >= 0.3 is 6.36 Å². The molecular weight excluding hydrogens is 577 g/mol. The fourth-order valence-electron chi connectivity index (χ4n) is 7.28. The molecule has 2 heterocycles. The number of pyridine rings is 1. The Morgan fingerprint density at radius 2 is 1.86 bits per heavy atom. The summed E-state index contributed by atoms with van der Waals surface area (Å²) in [6.07, 6.45) is 1.15. The average molecular weight is 619 g/mol. The summed E-state index contributed by atoms with van der Waals surface area (Å²) in [6.45, 7) is 8.16. The van der Waals surface area contributed by atoms with Crippen LogP contribution in [0.1, 0.15) is 85.7 Å². The number of aryl methyl sites for hydroxylation is 1. The zero-order chi connectivity index (χ0) is 31.1. The predicted octanol–water partition coefficient (Wildman–Crippen LogP) is 6.77. The lowest BCUT2D eigenvalue weighted by Crippen LogP contribution is -2.60. The lowest BCUT2D eigenvalue weighted by molar-refractivity contribution is -0.355. The fraction of sp³-hybridized carbons (Fsp3) is 0.562. The molecule has 2 aliphatic carbocycles. The van der Waals surface area contributed by atoms with Crippen molar-refractivity contribution in [3.8, 4) is 0 Å². The minimum absolute atomic E-state index is 0.137. The van der Waals surface area contributed by atoms with E-state index in [0.717, 1.165) is 52.9 Å². The zero-order valence-electron chi connectivity index (χ0n) is 25.4. The number of H-pyrrole nitrogens is 1. The van der Waals surface area contributed by atoms with Crippen molar-refractivity contribution in [3.05, 3.63) is 63.2 Å². The van der Waals surface area contributed by atoms with E-state index in [1.54, 1.807) is 0 Å². The molecule has 2 aliphatic rings. The van der Waals surface area contributed by atoms with Crippen molar-refractivity contribution in [1.29, 1.82) is 0 Å². The Balaban J connectivity index is 1.26. The quantitative estimate of drug-likeness (QED) is 0.231. The molecular formula is C32H41F3N4O3S. The van der Waals surface area contributed by atoms with Gasteiger partial charge in [-0.1, -0.05) is 18.2 Å². The first kappa shape index (κ1) is 31.7. The number of carbonyl (C=O) groups excluding carboxylic acids is 1. The third-order valence-electron chi connectivity index (χ3n) is 9.33. The molecule has 7 nitrogen and oxygen atoms in total. The molecule has 2 fully saturated rings. The Morgan fingerprint density at radius 3 is 2.51 bits per heavy atom. The van der Waals surface area contributed by atoms with Gasteiger partial charge < -0.3 is 20.2 Å². The van der Waals surface area contributed by atoms with Crippen molar-refractivity contribution < 1.29 is 22.7 Å². The summed E-state index contributed by atoms with van der Waals surface area (Å²) in [6, 6.07) is 10.3. The summed E-state index contributed by atoms with van der Waals surface area (Å²) in [4.78, 5) is 29.9. The van der Waals surface area contributed by atoms with Crippen LogP contribution in [0.4, 0.5) is 13.2 Å². The average Bonchev–Trinajstić information content (AvgIpc) is 3.22. The lowest BCUT2D eigenvalue weighted by Gasteiger charge is -2.48. The Hall–Kier alpha value is -2.76. The number of hydrogen-bond donors (Lipinski definition) is 3. The Morgan fingerprint density at radius 1 is 1.19 bits per heavy atom. The normalized spacial score (nSPS) is 25.0. The molecule has 5 rings (SSSR count). The second kappa shape index (κ2) is 12.3. The van der Waals surface area contributed by atoms with Crippen LogP contribution in [-0.2, 0) is 11.3 Å². The molecule has 2 saturated carbocycles. The molecule has 0 unspecified atom stereocenters. The van der Waals surface area contributed by atoms with Crippen LogP contribution >= 0.6 is 11.8 Å². The number of nitrogens with zero attached hydrogens (tertiary/aromatic N) is 1. The van der Waals surface area contributed by atoms with Gasteiger partial charge in [0.1, 0.15) is 0 Å². The molecule has 234 valence electrons. The van der Waals surface area contributed by atoms with Gasteiger partial charge in [0.2, 0.25) is 0 Å². The zero-order valence-corrected chi connectivity index (χ0v) is 26.2. The molecule has 11 heteroatoms. The predicted molar refractivity (Wildman–Crippen MR) is 164 cm³/mol. The lowest BCUT2D eigenvalue weighted by atomic mass is 9.73. The van der Waals surface area contributed by atoms with E-state index < -0.39 is 12.5 Å². The fourth-order valence-corrected chi connectivity index (χ4v) is 7.99. The van der Waals surface area contributed by atoms with Crippen molar-refractivity contribution in [2.75, 3.05) is 6.26 Å². The van der Waals surface area contributed by atoms with E-state index in [-0.39, 0.29) is 35.6 Å². The van der Waals surface area contributed by atoms with Crippen LogP contribution in [0, 0.1) is 19.8 Å². The monoisotopic (exact) mass is 618 g/mol. The summed E-state index contributed by atoms with van der Waals surface area (Å²) < 4.78 is 44.1. The first-order chi connectivity index (χ1) is 20.3. The first-order valence-corrected chi connectivity index (χ1v) is 16.2. The van der Waals surface area contributed by atoms with Gasteiger partial charge in [0.25, 0.3) is 11.5 Å². The molecule has 3 N–H and O–H groups in total. The highest BCUT2D eigenvalue weighted by atomic mass is 32.2. The van der Waals surface area contributed by atoms with Crippen LogP contribution in [0.5, 0.6) is 0 Å². The molecule has 1 amide bonds. The maximum atomic E-state index is 13.6. The molecule has 0 saturated heterocycles. The number of fused-ring (bicyclic) bond motifs is 1. The van der Waals surface area contributed by atoms with E-state index in [0.29, 0.717) is 29.9 Å². The number of aromatic nitrogens is 2. The van der Waals surface area contributed by atoms with E-state index in [9.17, 15) is 22.8 Å². The molecule has 0 aliphatic heterocycles. The largest absolute Gasteiger partial charge is 0.522 e. The number of para-hydroxylation sites is 1. The van der Waals surface area contributed by atoms with Crippen LogP contribution in [0.15, 0.2) is 40.0 Å². The standard InChI is InChI=1S/C32H41F3N4O3S/c1-18-14-27(43-5)25(29(40)37-18)17-36-30(41)28-20(3)39(26-9-7-6-8-24(26)28)19(2)21-10-12-22(13-11-21)38-31(4)15-23(16-31)42-32(33,34)35/h6-9,14,19,21-23,38H,10-13,15-17H2,1-5H3,(H,36,41)(H,37,40)/t19-,21?,22?,23?,31?/m1/s1. The highest BCUT2D eigenvalue weighted by Gasteiger charge is 2.47. The van der Waals surface area contributed by atoms with Crippen LogP contribution in [0.2, 0.25) is 0 Å². The summed E-state index contributed by atoms with van der Waals surface area (Å²) in [5, 5.41) is 7.51. The number of halogens is 3. The van der Waals surface area contributed by atoms with E-state index in [1.807, 2.05) is 51.3 Å². The molecule has 0 bridgehead atoms. The molecule has 2 aromatic heterocycles. The van der Waals surface area contributed by atoms with E-state index >= 15 is 0 Å². The molecule has 0 radical (unpaired) electrons. The second-order valence-electron chi connectivity index (χ2n) is 12.5. The first-order valence-electron chi connectivity index (χ1n) is 15.0. The molecule has 1 atom stereocenters. The highest BCUT2D eigenvalue weighted by Crippen LogP contribution is 2.41. The number of benzene rings is 1. The van der Waals surface area contributed by atoms with Gasteiger partial charge in [-0.15, -0.1) is 24.9 Å². The molecule has 1 aromatic carbocycles. The third-order valence-corrected chi connectivity index (χ3v) is 10.1. The summed E-state index contributed by atoms with van der Waals surface area (Å²) in [7, 11) is 0. The van der Waals surface area contributed by atoms with Crippen LogP contribution in [0.25, 0.3) is 10.9 Å². The maximum absolute atomic E-state index is 13.6. The SMILES string of the molecule is CSc1cc(C)[nH]c(=O)c1CNC(=O)c1c(C)n([C@H](C)C2CCC(NC3(C)CC(OC(F)(F)F)C3)CC2)c2ccccc12. The second-order valence-corrected chi connectivity index (χ2v) is 13.4. The van der Waals surface area contributed by atoms with Gasteiger partial charge in [-0.05, 0) is 90.5 Å². The van der Waals surface area contributed by atoms with Crippen molar-refractivity contribution in [3.63, 3.8) is 0 Å². The molecule has 3 aromatic rings. The molecule has 0 spiro atoms. The van der Waals surface area contributed by atoms with Crippen molar-refractivity contribution >= 4 is 28.6 Å². The topological polar surface area (TPSA) is 88.2 Å². The minimum atomic E-state index is -4.58. The number of alkyl halides is 3. The van der Waals surface area contributed by atoms with Gasteiger partial charge in [-0.25, -0.2) is 0 Å². The summed E-state index contributed by atoms with van der Waals surface area (Å²) >= 11 is 1.48. The maximum Gasteiger partial charge on any atom is 0.522 e. The Kier molecular flexibility index (Phi) is 9.07. The number of nitrogens with one attached hydrogen (secondary N) is 3. The van der Waals surface area contributed by atoms with Crippen LogP contribution < -0.4 is 16.2 Å². The van der Waals surface area contributed by atoms with Crippen molar-refractivity contribution in [2.24, 2.45) is 5.92 Å². The number of hydrogen-bond acceptors (Lipinski definition) is 5. The van der Waals surface area contributed by atoms with E-state index in [1.165, 1.54) is 11.8 Å². The van der Waals surface area contributed by atoms with Crippen LogP contribution in [-0.4, -0.2) is 45.8 Å². The van der Waals surface area contributed by atoms with Gasteiger partial charge in [0, 0.05) is 56.9 Å². The number of amides is 1. The number of aromatic amines is 1. The van der Waals surface area contributed by atoms with E-state index in [2.05, 4.69) is 37.9 Å². The minimum Gasteiger partial charge on any atom is -0.348 e. The number of thioether (sulfide) groups is 1. The van der Waals surface area contributed by atoms with Crippen molar-refractivity contribution in [2.45, 2.75) is 108 Å². The Labute approximate surface area is 254 Å². The van der Waals surface area contributed by atoms with Gasteiger partial charge in [-0.3, -0.25) is 14.3 Å².